The number of ether oxygens (including phenoxy) is 2. The van der Waals surface area contributed by atoms with Crippen LogP contribution in [0.3, 0.4) is 0 Å². The third kappa shape index (κ3) is 4.40. The molecule has 136 valence electrons. The highest BCUT2D eigenvalue weighted by Gasteiger charge is 2.61. The third-order valence-corrected chi connectivity index (χ3v) is 4.70. The van der Waals surface area contributed by atoms with Gasteiger partial charge in [0.25, 0.3) is 0 Å². The summed E-state index contributed by atoms with van der Waals surface area (Å²) < 4.78 is 50.1. The molecular weight excluding hydrogens is 371 g/mol. The van der Waals surface area contributed by atoms with Crippen molar-refractivity contribution in [2.75, 3.05) is 0 Å². The Kier molecular flexibility index (Phi) is 3.93. The monoisotopic (exact) mass is 395 g/mol. The fourth-order valence-electron chi connectivity index (χ4n) is 2.93. The van der Waals surface area contributed by atoms with E-state index in [-0.39, 0.29) is 45.8 Å². The Hall–Kier alpha value is -1.97. The van der Waals surface area contributed by atoms with Gasteiger partial charge in [0.05, 0.1) is 12.8 Å². The first-order chi connectivity index (χ1) is 14.4. The van der Waals surface area contributed by atoms with Crippen molar-refractivity contribution in [3.05, 3.63) is 70.6 Å². The first-order valence-electron chi connectivity index (χ1n) is 10.5. The quantitative estimate of drug-likeness (QED) is 0.553. The van der Waals surface area contributed by atoms with E-state index in [1.54, 1.807) is 30.3 Å². The van der Waals surface area contributed by atoms with E-state index in [1.807, 2.05) is 13.8 Å². The van der Waals surface area contributed by atoms with Crippen LogP contribution in [-0.2, 0) is 16.1 Å². The minimum atomic E-state index is -0.491. The number of hydrogen-bond donors (Lipinski definition) is 0. The lowest BCUT2D eigenvalue weighted by Crippen LogP contribution is -2.10. The SMILES string of the molecule is [2H]c1c([2H])c([2H])c(Oc2cccc(COC(=O)C3C(C=C(Cl)Cl)C3(C)C)c2)c([2H])c1[2H]. The molecule has 0 amide bonds. The van der Waals surface area contributed by atoms with Gasteiger partial charge in [0, 0.05) is 0 Å². The smallest absolute Gasteiger partial charge is 0.310 e. The van der Waals surface area contributed by atoms with Crippen LogP contribution in [0, 0.1) is 17.3 Å². The van der Waals surface area contributed by atoms with Gasteiger partial charge in [-0.1, -0.05) is 67.3 Å². The molecule has 0 heterocycles. The number of benzene rings is 2. The second-order valence-corrected chi connectivity index (χ2v) is 7.60. The van der Waals surface area contributed by atoms with Gasteiger partial charge in [-0.15, -0.1) is 0 Å². The van der Waals surface area contributed by atoms with Crippen molar-refractivity contribution in [1.82, 2.24) is 0 Å². The average molecular weight is 396 g/mol. The van der Waals surface area contributed by atoms with Gasteiger partial charge in [-0.3, -0.25) is 4.79 Å². The topological polar surface area (TPSA) is 35.5 Å². The van der Waals surface area contributed by atoms with Gasteiger partial charge in [0.2, 0.25) is 0 Å². The van der Waals surface area contributed by atoms with E-state index in [4.69, 9.17) is 39.5 Å². The van der Waals surface area contributed by atoms with Gasteiger partial charge >= 0.3 is 5.97 Å². The maximum atomic E-state index is 12.5. The summed E-state index contributed by atoms with van der Waals surface area (Å²) in [6.07, 6.45) is 1.64. The molecule has 26 heavy (non-hydrogen) atoms. The van der Waals surface area contributed by atoms with Crippen LogP contribution >= 0.6 is 23.2 Å². The predicted molar refractivity (Wildman–Crippen MR) is 103 cm³/mol. The van der Waals surface area contributed by atoms with Crippen molar-refractivity contribution in [2.45, 2.75) is 20.5 Å². The summed E-state index contributed by atoms with van der Waals surface area (Å²) in [6.45, 7) is 3.87. The standard InChI is InChI=1S/C21H20Cl2O3/c1-21(2)17(12-18(22)23)19(21)20(24)25-13-14-7-6-10-16(11-14)26-15-8-4-3-5-9-15/h3-12,17,19H,13H2,1-2H3/i3D,4D,5D,8D,9D. The Morgan fingerprint density at radius 3 is 2.65 bits per heavy atom. The Bertz CT molecular complexity index is 1040. The lowest BCUT2D eigenvalue weighted by Gasteiger charge is -2.09. The third-order valence-electron chi connectivity index (χ3n) is 4.45. The molecule has 1 saturated carbocycles. The highest BCUT2D eigenvalue weighted by Crippen LogP contribution is 2.60. The molecule has 0 radical (unpaired) electrons. The lowest BCUT2D eigenvalue weighted by molar-refractivity contribution is -0.147. The summed E-state index contributed by atoms with van der Waals surface area (Å²) in [5, 5.41) is 0. The van der Waals surface area contributed by atoms with Crippen molar-refractivity contribution in [3.63, 3.8) is 0 Å². The Labute approximate surface area is 170 Å². The molecule has 2 atom stereocenters. The number of allylic oxidation sites excluding steroid dienone is 1. The van der Waals surface area contributed by atoms with E-state index in [0.717, 1.165) is 0 Å². The van der Waals surface area contributed by atoms with Crippen molar-refractivity contribution < 1.29 is 21.1 Å². The zero-order valence-corrected chi connectivity index (χ0v) is 15.7. The van der Waals surface area contributed by atoms with Gasteiger partial charge < -0.3 is 9.47 Å². The van der Waals surface area contributed by atoms with Crippen molar-refractivity contribution in [2.24, 2.45) is 17.3 Å². The normalized spacial score (nSPS) is 22.8. The molecule has 0 saturated heterocycles. The second-order valence-electron chi connectivity index (χ2n) is 6.59. The molecule has 0 N–H and O–H groups in total. The molecule has 1 aliphatic carbocycles. The van der Waals surface area contributed by atoms with Gasteiger partial charge in [-0.2, -0.15) is 0 Å². The molecular formula is C21H20Cl2O3. The van der Waals surface area contributed by atoms with Gasteiger partial charge in [-0.05, 0) is 47.2 Å². The molecule has 5 heteroatoms. The fraction of sp³-hybridized carbons (Fsp3) is 0.286. The van der Waals surface area contributed by atoms with Crippen LogP contribution < -0.4 is 4.74 Å². The van der Waals surface area contributed by atoms with E-state index in [0.29, 0.717) is 5.56 Å². The van der Waals surface area contributed by atoms with E-state index >= 15 is 0 Å². The summed E-state index contributed by atoms with van der Waals surface area (Å²) in [6, 6.07) is 4.24. The summed E-state index contributed by atoms with van der Waals surface area (Å²) in [7, 11) is 0. The number of hydrogen-bond acceptors (Lipinski definition) is 3. The molecule has 2 unspecified atom stereocenters. The van der Waals surface area contributed by atoms with Crippen LogP contribution in [0.4, 0.5) is 0 Å². The molecule has 0 spiro atoms. The minimum Gasteiger partial charge on any atom is -0.461 e. The number of rotatable bonds is 6. The fourth-order valence-corrected chi connectivity index (χ4v) is 3.20. The Morgan fingerprint density at radius 1 is 1.23 bits per heavy atom. The number of para-hydroxylation sites is 1. The lowest BCUT2D eigenvalue weighted by atomic mass is 10.1. The average Bonchev–Trinajstić information content (AvgIpc) is 3.25. The van der Waals surface area contributed by atoms with Crippen LogP contribution in [0.1, 0.15) is 26.3 Å². The molecule has 2 aromatic rings. The first kappa shape index (κ1) is 13.2. The molecule has 3 rings (SSSR count). The second kappa shape index (κ2) is 7.73. The Balaban J connectivity index is 1.71. The van der Waals surface area contributed by atoms with E-state index in [9.17, 15) is 4.79 Å². The van der Waals surface area contributed by atoms with Crippen LogP contribution in [-0.4, -0.2) is 5.97 Å². The van der Waals surface area contributed by atoms with Crippen LogP contribution in [0.5, 0.6) is 11.5 Å². The molecule has 1 fully saturated rings. The summed E-state index contributed by atoms with van der Waals surface area (Å²) in [5.41, 5.74) is 0.331. The number of esters is 1. The maximum absolute atomic E-state index is 12.5. The van der Waals surface area contributed by atoms with Crippen molar-refractivity contribution >= 4 is 29.2 Å². The highest BCUT2D eigenvalue weighted by molar-refractivity contribution is 6.55. The maximum Gasteiger partial charge on any atom is 0.310 e. The summed E-state index contributed by atoms with van der Waals surface area (Å²) >= 11 is 11.4. The molecule has 0 aromatic heterocycles. The molecule has 0 aliphatic heterocycles. The zero-order valence-electron chi connectivity index (χ0n) is 19.2. The predicted octanol–water partition coefficient (Wildman–Crippen LogP) is 6.11. The van der Waals surface area contributed by atoms with E-state index in [1.165, 1.54) is 0 Å². The number of carbonyl (C=O) groups is 1. The highest BCUT2D eigenvalue weighted by atomic mass is 35.5. The molecule has 1 aliphatic rings. The van der Waals surface area contributed by atoms with Crippen molar-refractivity contribution in [3.8, 4) is 11.5 Å². The van der Waals surface area contributed by atoms with Crippen LogP contribution in [0.25, 0.3) is 0 Å². The zero-order chi connectivity index (χ0) is 23.1. The van der Waals surface area contributed by atoms with Gasteiger partial charge in [0.1, 0.15) is 22.6 Å². The first-order valence-corrected chi connectivity index (χ1v) is 8.74. The van der Waals surface area contributed by atoms with Crippen LogP contribution in [0.15, 0.2) is 65.0 Å². The summed E-state index contributed by atoms with van der Waals surface area (Å²) in [5.74, 6) is -0.812. The molecule has 3 nitrogen and oxygen atoms in total. The van der Waals surface area contributed by atoms with Crippen molar-refractivity contribution in [1.29, 1.82) is 0 Å². The minimum absolute atomic E-state index is 0.00579. The van der Waals surface area contributed by atoms with Gasteiger partial charge in [0.15, 0.2) is 0 Å². The largest absolute Gasteiger partial charge is 0.461 e. The Morgan fingerprint density at radius 2 is 1.96 bits per heavy atom. The van der Waals surface area contributed by atoms with E-state index < -0.39 is 30.2 Å². The number of halogens is 2. The van der Waals surface area contributed by atoms with Gasteiger partial charge in [-0.25, -0.2) is 0 Å². The molecule has 0 bridgehead atoms. The van der Waals surface area contributed by atoms with E-state index in [2.05, 4.69) is 0 Å². The van der Waals surface area contributed by atoms with Crippen LogP contribution in [0.2, 0.25) is 0 Å². The molecule has 2 aromatic carbocycles. The summed E-state index contributed by atoms with van der Waals surface area (Å²) in [4.78, 5) is 12.5. The number of carbonyl (C=O) groups excluding carboxylic acids is 1.